The Hall–Kier alpha value is -2.50. The monoisotopic (exact) mass is 272 g/mol. The molecule has 0 aliphatic rings. The van der Waals surface area contributed by atoms with Crippen LogP contribution >= 0.6 is 0 Å². The molecule has 2 heterocycles. The summed E-state index contributed by atoms with van der Waals surface area (Å²) in [5, 5.41) is 2.67. The second kappa shape index (κ2) is 6.10. The van der Waals surface area contributed by atoms with Crippen LogP contribution in [0.3, 0.4) is 0 Å². The fourth-order valence-electron chi connectivity index (χ4n) is 1.90. The van der Waals surface area contributed by atoms with E-state index in [1.165, 1.54) is 0 Å². The summed E-state index contributed by atoms with van der Waals surface area (Å²) >= 11 is 0. The Bertz CT molecular complexity index is 607. The summed E-state index contributed by atoms with van der Waals surface area (Å²) in [6.45, 7) is 1.82. The Labute approximate surface area is 116 Å². The lowest BCUT2D eigenvalue weighted by Crippen LogP contribution is -2.39. The highest BCUT2D eigenvalue weighted by Gasteiger charge is 2.20. The number of aromatic nitrogens is 3. The molecule has 1 atom stereocenters. The highest BCUT2D eigenvalue weighted by Crippen LogP contribution is 2.02. The molecule has 0 spiro atoms. The molecule has 2 aromatic rings. The molecule has 6 nitrogen and oxygen atoms in total. The predicted molar refractivity (Wildman–Crippen MR) is 73.1 cm³/mol. The largest absolute Gasteiger partial charge is 0.348 e. The molecule has 0 radical (unpaired) electrons. The quantitative estimate of drug-likeness (QED) is 0.643. The molecule has 1 N–H and O–H groups in total. The number of Topliss-reactive ketones (excluding diaryl/α,β-unsaturated/α-hetero) is 1. The minimum Gasteiger partial charge on any atom is -0.348 e. The molecule has 1 amide bonds. The molecule has 1 unspecified atom stereocenters. The first-order valence-electron chi connectivity index (χ1n) is 6.29. The van der Waals surface area contributed by atoms with E-state index in [-0.39, 0.29) is 6.04 Å². The average molecular weight is 272 g/mol. The van der Waals surface area contributed by atoms with Crippen molar-refractivity contribution in [2.45, 2.75) is 19.4 Å². The number of aryl methyl sites for hydroxylation is 1. The minimum atomic E-state index is -0.608. The van der Waals surface area contributed by atoms with Gasteiger partial charge in [-0.05, 0) is 19.1 Å². The first-order valence-corrected chi connectivity index (χ1v) is 6.29. The summed E-state index contributed by atoms with van der Waals surface area (Å²) in [4.78, 5) is 31.9. The maximum absolute atomic E-state index is 12.0. The van der Waals surface area contributed by atoms with Crippen LogP contribution < -0.4 is 5.32 Å². The van der Waals surface area contributed by atoms with Crippen LogP contribution in [-0.4, -0.2) is 32.3 Å². The van der Waals surface area contributed by atoms with Gasteiger partial charge in [-0.15, -0.1) is 0 Å². The van der Waals surface area contributed by atoms with Crippen molar-refractivity contribution in [3.05, 3.63) is 48.3 Å². The predicted octanol–water partition coefficient (Wildman–Crippen LogP) is 0.745. The third-order valence-electron chi connectivity index (χ3n) is 2.89. The van der Waals surface area contributed by atoms with Crippen LogP contribution in [-0.2, 0) is 18.3 Å². The Morgan fingerprint density at radius 3 is 2.80 bits per heavy atom. The van der Waals surface area contributed by atoms with Crippen LogP contribution in [0.4, 0.5) is 0 Å². The van der Waals surface area contributed by atoms with Gasteiger partial charge in [-0.3, -0.25) is 19.6 Å². The number of hydrogen-bond acceptors (Lipinski definition) is 4. The number of carbonyl (C=O) groups is 2. The van der Waals surface area contributed by atoms with Crippen molar-refractivity contribution in [1.82, 2.24) is 19.9 Å². The van der Waals surface area contributed by atoms with Gasteiger partial charge in [0.15, 0.2) is 0 Å². The smallest absolute Gasteiger partial charge is 0.294 e. The fourth-order valence-corrected chi connectivity index (χ4v) is 1.90. The lowest BCUT2D eigenvalue weighted by molar-refractivity contribution is -0.117. The SMILES string of the molecule is CC(Cc1cnccn1)NC(=O)C(=O)c1cccn1C. The Morgan fingerprint density at radius 1 is 1.40 bits per heavy atom. The van der Waals surface area contributed by atoms with Crippen molar-refractivity contribution < 1.29 is 9.59 Å². The number of amides is 1. The van der Waals surface area contributed by atoms with E-state index in [1.807, 2.05) is 6.92 Å². The third-order valence-corrected chi connectivity index (χ3v) is 2.89. The standard InChI is InChI=1S/C14H16N4O2/c1-10(8-11-9-15-5-6-16-11)17-14(20)13(19)12-4-3-7-18(12)2/h3-7,9-10H,8H2,1-2H3,(H,17,20). The first kappa shape index (κ1) is 13.9. The molecule has 0 saturated carbocycles. The van der Waals surface area contributed by atoms with Gasteiger partial charge in [0.05, 0.1) is 11.4 Å². The Balaban J connectivity index is 1.94. The summed E-state index contributed by atoms with van der Waals surface area (Å²) in [5.74, 6) is -1.15. The second-order valence-corrected chi connectivity index (χ2v) is 4.61. The van der Waals surface area contributed by atoms with E-state index in [4.69, 9.17) is 0 Å². The van der Waals surface area contributed by atoms with E-state index in [1.54, 1.807) is 48.5 Å². The van der Waals surface area contributed by atoms with Gasteiger partial charge >= 0.3 is 0 Å². The van der Waals surface area contributed by atoms with E-state index in [0.717, 1.165) is 5.69 Å². The molecule has 0 saturated heterocycles. The molecule has 0 aliphatic heterocycles. The van der Waals surface area contributed by atoms with E-state index in [9.17, 15) is 9.59 Å². The van der Waals surface area contributed by atoms with E-state index < -0.39 is 11.7 Å². The Morgan fingerprint density at radius 2 is 2.20 bits per heavy atom. The second-order valence-electron chi connectivity index (χ2n) is 4.61. The number of nitrogens with zero attached hydrogens (tertiary/aromatic N) is 3. The van der Waals surface area contributed by atoms with Crippen LogP contribution in [0, 0.1) is 0 Å². The maximum atomic E-state index is 12.0. The van der Waals surface area contributed by atoms with E-state index in [0.29, 0.717) is 12.1 Å². The summed E-state index contributed by atoms with van der Waals surface area (Å²) in [5.41, 5.74) is 1.14. The molecule has 0 aromatic carbocycles. The topological polar surface area (TPSA) is 76.9 Å². The van der Waals surface area contributed by atoms with Crippen molar-refractivity contribution in [3.63, 3.8) is 0 Å². The number of rotatable bonds is 5. The molecule has 104 valence electrons. The first-order chi connectivity index (χ1) is 9.58. The molecule has 20 heavy (non-hydrogen) atoms. The highest BCUT2D eigenvalue weighted by atomic mass is 16.2. The van der Waals surface area contributed by atoms with Gasteiger partial charge in [-0.2, -0.15) is 0 Å². The molecule has 2 aromatic heterocycles. The van der Waals surface area contributed by atoms with Crippen molar-refractivity contribution in [3.8, 4) is 0 Å². The summed E-state index contributed by atoms with van der Waals surface area (Å²) in [6.07, 6.45) is 7.08. The van der Waals surface area contributed by atoms with Crippen LogP contribution in [0.25, 0.3) is 0 Å². The van der Waals surface area contributed by atoms with Crippen LogP contribution in [0.1, 0.15) is 23.1 Å². The van der Waals surface area contributed by atoms with Gasteiger partial charge in [0.25, 0.3) is 11.7 Å². The maximum Gasteiger partial charge on any atom is 0.294 e. The van der Waals surface area contributed by atoms with Crippen LogP contribution in [0.5, 0.6) is 0 Å². The van der Waals surface area contributed by atoms with Crippen molar-refractivity contribution in [1.29, 1.82) is 0 Å². The third kappa shape index (κ3) is 3.28. The van der Waals surface area contributed by atoms with Gasteiger partial charge in [0.2, 0.25) is 0 Å². The summed E-state index contributed by atoms with van der Waals surface area (Å²) in [7, 11) is 1.73. The number of carbonyl (C=O) groups excluding carboxylic acids is 2. The molecule has 0 bridgehead atoms. The Kier molecular flexibility index (Phi) is 4.24. The summed E-state index contributed by atoms with van der Waals surface area (Å²) in [6, 6.07) is 3.15. The van der Waals surface area contributed by atoms with E-state index >= 15 is 0 Å². The molecular weight excluding hydrogens is 256 g/mol. The minimum absolute atomic E-state index is 0.191. The number of ketones is 1. The van der Waals surface area contributed by atoms with Crippen LogP contribution in [0.15, 0.2) is 36.9 Å². The molecule has 0 aliphatic carbocycles. The highest BCUT2D eigenvalue weighted by molar-refractivity contribution is 6.42. The molecule has 2 rings (SSSR count). The number of nitrogens with one attached hydrogen (secondary N) is 1. The van der Waals surface area contributed by atoms with Crippen molar-refractivity contribution in [2.24, 2.45) is 7.05 Å². The van der Waals surface area contributed by atoms with Crippen LogP contribution in [0.2, 0.25) is 0 Å². The zero-order valence-electron chi connectivity index (χ0n) is 11.4. The zero-order chi connectivity index (χ0) is 14.5. The lowest BCUT2D eigenvalue weighted by atomic mass is 10.1. The van der Waals surface area contributed by atoms with Crippen molar-refractivity contribution in [2.75, 3.05) is 0 Å². The lowest BCUT2D eigenvalue weighted by Gasteiger charge is -2.12. The van der Waals surface area contributed by atoms with Gasteiger partial charge in [-0.25, -0.2) is 0 Å². The van der Waals surface area contributed by atoms with E-state index in [2.05, 4.69) is 15.3 Å². The van der Waals surface area contributed by atoms with Gasteiger partial charge in [0.1, 0.15) is 0 Å². The molecule has 6 heteroatoms. The fraction of sp³-hybridized carbons (Fsp3) is 0.286. The molecular formula is C14H16N4O2. The van der Waals surface area contributed by atoms with Gasteiger partial charge < -0.3 is 9.88 Å². The van der Waals surface area contributed by atoms with Gasteiger partial charge in [0, 0.05) is 44.3 Å². The van der Waals surface area contributed by atoms with Crippen molar-refractivity contribution >= 4 is 11.7 Å². The normalized spacial score (nSPS) is 11.9. The zero-order valence-corrected chi connectivity index (χ0v) is 11.4. The average Bonchev–Trinajstić information content (AvgIpc) is 2.85. The van der Waals surface area contributed by atoms with Gasteiger partial charge in [-0.1, -0.05) is 0 Å². The number of hydrogen-bond donors (Lipinski definition) is 1. The molecule has 0 fully saturated rings. The summed E-state index contributed by atoms with van der Waals surface area (Å²) < 4.78 is 1.62.